The van der Waals surface area contributed by atoms with E-state index in [-0.39, 0.29) is 0 Å². The summed E-state index contributed by atoms with van der Waals surface area (Å²) in [6.07, 6.45) is 7.26. The third-order valence-corrected chi connectivity index (χ3v) is 8.44. The minimum Gasteiger partial charge on any atom is -0.309 e. The van der Waals surface area contributed by atoms with Crippen molar-refractivity contribution >= 4 is 43.2 Å². The number of hydrogen-bond donors (Lipinski definition) is 0. The molecule has 0 atom stereocenters. The predicted octanol–water partition coefficient (Wildman–Crippen LogP) is 9.18. The summed E-state index contributed by atoms with van der Waals surface area (Å²) >= 11 is 1.81. The molecule has 0 radical (unpaired) electrons. The Bertz CT molecular complexity index is 2090. The van der Waals surface area contributed by atoms with E-state index in [2.05, 4.69) is 98.8 Å². The number of aromatic nitrogens is 4. The van der Waals surface area contributed by atoms with Crippen molar-refractivity contribution in [3.05, 3.63) is 133 Å². The SMILES string of the molecule is c1ccc2c(c1)c1c3sccc3ccc1n2-c1ccc(-c2cc(-c3ccncc3)cc(-c3ccncc3)n2)cc1. The van der Waals surface area contributed by atoms with Crippen LogP contribution in [0.4, 0.5) is 0 Å². The van der Waals surface area contributed by atoms with Crippen molar-refractivity contribution in [1.29, 1.82) is 0 Å². The van der Waals surface area contributed by atoms with E-state index in [0.717, 1.165) is 39.3 Å². The molecule has 0 spiro atoms. The number of benzene rings is 3. The van der Waals surface area contributed by atoms with Crippen molar-refractivity contribution in [2.75, 3.05) is 0 Å². The Morgan fingerprint density at radius 2 is 1.23 bits per heavy atom. The highest BCUT2D eigenvalue weighted by Crippen LogP contribution is 2.39. The van der Waals surface area contributed by atoms with Crippen LogP contribution in [0, 0.1) is 0 Å². The summed E-state index contributed by atoms with van der Waals surface area (Å²) in [6.45, 7) is 0. The van der Waals surface area contributed by atoms with Gasteiger partial charge in [0.25, 0.3) is 0 Å². The molecular weight excluding hydrogens is 508 g/mol. The van der Waals surface area contributed by atoms with Crippen LogP contribution in [-0.4, -0.2) is 19.5 Å². The first-order valence-electron chi connectivity index (χ1n) is 13.2. The number of para-hydroxylation sites is 1. The molecule has 0 bridgehead atoms. The van der Waals surface area contributed by atoms with Gasteiger partial charge in [0.05, 0.1) is 22.4 Å². The minimum atomic E-state index is 0.915. The molecule has 40 heavy (non-hydrogen) atoms. The van der Waals surface area contributed by atoms with Gasteiger partial charge >= 0.3 is 0 Å². The molecule has 0 N–H and O–H groups in total. The Labute approximate surface area is 234 Å². The monoisotopic (exact) mass is 530 g/mol. The molecule has 0 aliphatic rings. The highest BCUT2D eigenvalue weighted by molar-refractivity contribution is 7.18. The first kappa shape index (κ1) is 22.8. The Balaban J connectivity index is 1.28. The third-order valence-electron chi connectivity index (χ3n) is 7.49. The summed E-state index contributed by atoms with van der Waals surface area (Å²) in [4.78, 5) is 13.5. The quantitative estimate of drug-likeness (QED) is 0.228. The van der Waals surface area contributed by atoms with E-state index < -0.39 is 0 Å². The number of pyridine rings is 3. The van der Waals surface area contributed by atoms with Crippen molar-refractivity contribution in [1.82, 2.24) is 19.5 Å². The topological polar surface area (TPSA) is 43.6 Å². The molecule has 0 fully saturated rings. The van der Waals surface area contributed by atoms with Crippen LogP contribution in [0.2, 0.25) is 0 Å². The highest BCUT2D eigenvalue weighted by Gasteiger charge is 2.16. The van der Waals surface area contributed by atoms with Crippen molar-refractivity contribution in [2.45, 2.75) is 0 Å². The summed E-state index contributed by atoms with van der Waals surface area (Å²) in [5.74, 6) is 0. The second-order valence-corrected chi connectivity index (χ2v) is 10.7. The van der Waals surface area contributed by atoms with E-state index in [4.69, 9.17) is 4.98 Å². The predicted molar refractivity (Wildman–Crippen MR) is 166 cm³/mol. The number of thiophene rings is 1. The van der Waals surface area contributed by atoms with Gasteiger partial charge in [0, 0.05) is 57.1 Å². The largest absolute Gasteiger partial charge is 0.309 e. The van der Waals surface area contributed by atoms with Gasteiger partial charge in [-0.3, -0.25) is 9.97 Å². The summed E-state index contributed by atoms with van der Waals surface area (Å²) in [6, 6.07) is 36.5. The Morgan fingerprint density at radius 1 is 0.550 bits per heavy atom. The van der Waals surface area contributed by atoms with Gasteiger partial charge in [-0.25, -0.2) is 4.98 Å². The second kappa shape index (κ2) is 9.26. The maximum absolute atomic E-state index is 5.07. The zero-order chi connectivity index (χ0) is 26.5. The molecule has 0 saturated carbocycles. The van der Waals surface area contributed by atoms with Crippen molar-refractivity contribution < 1.29 is 0 Å². The smallest absolute Gasteiger partial charge is 0.0716 e. The van der Waals surface area contributed by atoms with Gasteiger partial charge in [0.1, 0.15) is 0 Å². The molecule has 5 heterocycles. The zero-order valence-corrected chi connectivity index (χ0v) is 22.2. The van der Waals surface area contributed by atoms with Crippen molar-refractivity contribution in [2.24, 2.45) is 0 Å². The van der Waals surface area contributed by atoms with Crippen LogP contribution < -0.4 is 0 Å². The van der Waals surface area contributed by atoms with Crippen LogP contribution in [0.15, 0.2) is 133 Å². The van der Waals surface area contributed by atoms with E-state index in [9.17, 15) is 0 Å². The molecule has 3 aromatic carbocycles. The van der Waals surface area contributed by atoms with Gasteiger partial charge < -0.3 is 4.57 Å². The lowest BCUT2D eigenvalue weighted by Crippen LogP contribution is -1.95. The average Bonchev–Trinajstić information content (AvgIpc) is 3.64. The van der Waals surface area contributed by atoms with E-state index in [0.29, 0.717) is 0 Å². The number of hydrogen-bond acceptors (Lipinski definition) is 4. The van der Waals surface area contributed by atoms with Crippen molar-refractivity contribution in [3.8, 4) is 39.3 Å². The van der Waals surface area contributed by atoms with Gasteiger partial charge in [-0.05, 0) is 88.6 Å². The second-order valence-electron chi connectivity index (χ2n) is 9.80. The van der Waals surface area contributed by atoms with E-state index >= 15 is 0 Å². The molecule has 188 valence electrons. The van der Waals surface area contributed by atoms with Crippen LogP contribution in [0.5, 0.6) is 0 Å². The van der Waals surface area contributed by atoms with Gasteiger partial charge in [-0.1, -0.05) is 36.4 Å². The lowest BCUT2D eigenvalue weighted by Gasteiger charge is -2.12. The standard InChI is InChI=1S/C35H22N4S/c1-2-4-32-29(3-1)34-33(10-7-26-15-20-40-35(26)34)39(32)28-8-5-24(6-9-28)30-21-27(23-11-16-36-17-12-23)22-31(38-30)25-13-18-37-19-14-25/h1-22H. The Kier molecular flexibility index (Phi) is 5.28. The molecule has 8 rings (SSSR count). The summed E-state index contributed by atoms with van der Waals surface area (Å²) in [7, 11) is 0. The van der Waals surface area contributed by atoms with Crippen LogP contribution in [-0.2, 0) is 0 Å². The molecule has 0 saturated heterocycles. The first-order valence-corrected chi connectivity index (χ1v) is 14.0. The normalized spacial score (nSPS) is 11.5. The summed E-state index contributed by atoms with van der Waals surface area (Å²) in [5, 5.41) is 6.07. The third kappa shape index (κ3) is 3.71. The first-order chi connectivity index (χ1) is 19.8. The Hall–Kier alpha value is -5.13. The van der Waals surface area contributed by atoms with Gasteiger partial charge in [0.2, 0.25) is 0 Å². The van der Waals surface area contributed by atoms with E-state index in [1.165, 1.54) is 31.9 Å². The number of nitrogens with zero attached hydrogens (tertiary/aromatic N) is 4. The molecule has 8 aromatic rings. The minimum absolute atomic E-state index is 0.915. The van der Waals surface area contributed by atoms with E-state index in [1.807, 2.05) is 48.0 Å². The fourth-order valence-corrected chi connectivity index (χ4v) is 6.55. The fraction of sp³-hybridized carbons (Fsp3) is 0. The number of rotatable bonds is 4. The fourth-order valence-electron chi connectivity index (χ4n) is 5.60. The van der Waals surface area contributed by atoms with Crippen LogP contribution in [0.3, 0.4) is 0 Å². The van der Waals surface area contributed by atoms with Crippen molar-refractivity contribution in [3.63, 3.8) is 0 Å². The zero-order valence-electron chi connectivity index (χ0n) is 21.4. The lowest BCUT2D eigenvalue weighted by molar-refractivity contribution is 1.18. The molecule has 0 unspecified atom stereocenters. The summed E-state index contributed by atoms with van der Waals surface area (Å²) < 4.78 is 3.71. The molecule has 0 amide bonds. The highest BCUT2D eigenvalue weighted by atomic mass is 32.1. The maximum atomic E-state index is 5.07. The summed E-state index contributed by atoms with van der Waals surface area (Å²) in [5.41, 5.74) is 9.72. The van der Waals surface area contributed by atoms with Gasteiger partial charge in [0.15, 0.2) is 0 Å². The van der Waals surface area contributed by atoms with Crippen LogP contribution in [0.1, 0.15) is 0 Å². The average molecular weight is 531 g/mol. The van der Waals surface area contributed by atoms with E-state index in [1.54, 1.807) is 12.4 Å². The Morgan fingerprint density at radius 3 is 1.98 bits per heavy atom. The maximum Gasteiger partial charge on any atom is 0.0716 e. The lowest BCUT2D eigenvalue weighted by atomic mass is 10.0. The van der Waals surface area contributed by atoms with Crippen LogP contribution >= 0.6 is 11.3 Å². The van der Waals surface area contributed by atoms with Gasteiger partial charge in [-0.2, -0.15) is 0 Å². The molecular formula is C35H22N4S. The molecule has 0 aliphatic heterocycles. The van der Waals surface area contributed by atoms with Crippen LogP contribution in [0.25, 0.3) is 71.2 Å². The molecule has 5 heteroatoms. The molecule has 5 aromatic heterocycles. The van der Waals surface area contributed by atoms with Gasteiger partial charge in [-0.15, -0.1) is 11.3 Å². The molecule has 0 aliphatic carbocycles. The molecule has 4 nitrogen and oxygen atoms in total. The number of fused-ring (bicyclic) bond motifs is 5.